The third-order valence-electron chi connectivity index (χ3n) is 0.713. The number of thioether (sulfide) groups is 2. The van der Waals surface area contributed by atoms with Crippen molar-refractivity contribution in [3.05, 3.63) is 0 Å². The van der Waals surface area contributed by atoms with Gasteiger partial charge in [-0.3, -0.25) is 4.79 Å². The van der Waals surface area contributed by atoms with E-state index in [-0.39, 0.29) is 5.91 Å². The zero-order valence-corrected chi connectivity index (χ0v) is 7.27. The molecule has 0 unspecified atom stereocenters. The maximum atomic E-state index is 10.5. The first-order valence-corrected chi connectivity index (χ1v) is 5.13. The molecule has 4 heteroatoms. The Kier molecular flexibility index (Phi) is 6.41. The van der Waals surface area contributed by atoms with E-state index >= 15 is 0 Å². The summed E-state index contributed by atoms with van der Waals surface area (Å²) in [6.07, 6.45) is 2.02. The zero-order chi connectivity index (χ0) is 7.11. The van der Waals surface area contributed by atoms with Crippen LogP contribution >= 0.6 is 23.5 Å². The average molecular weight is 165 g/mol. The van der Waals surface area contributed by atoms with Gasteiger partial charge in [-0.2, -0.15) is 11.8 Å². The van der Waals surface area contributed by atoms with Gasteiger partial charge in [0.1, 0.15) is 0 Å². The third-order valence-corrected chi connectivity index (χ3v) is 2.79. The number of carbonyl (C=O) groups is 1. The molecule has 0 fully saturated rings. The Labute approximate surface area is 64.2 Å². The zero-order valence-electron chi connectivity index (χ0n) is 5.64. The summed E-state index contributed by atoms with van der Waals surface area (Å²) in [7, 11) is 1.65. The summed E-state index contributed by atoms with van der Waals surface area (Å²) in [5, 5.41) is 3.55. The van der Waals surface area contributed by atoms with Gasteiger partial charge in [0, 0.05) is 12.1 Å². The topological polar surface area (TPSA) is 29.1 Å². The summed E-state index contributed by atoms with van der Waals surface area (Å²) in [6, 6.07) is 0. The first kappa shape index (κ1) is 9.17. The second-order valence-corrected chi connectivity index (χ2v) is 3.65. The highest BCUT2D eigenvalue weighted by atomic mass is 32.2. The Bertz CT molecular complexity index is 87.0. The molecule has 0 rings (SSSR count). The van der Waals surface area contributed by atoms with Crippen molar-refractivity contribution < 1.29 is 4.79 Å². The molecule has 0 saturated carbocycles. The van der Waals surface area contributed by atoms with E-state index in [2.05, 4.69) is 5.32 Å². The standard InChI is InChI=1S/C5H11NOS2/c1-6-5(7)3-9-4-8-2/h3-4H2,1-2H3,(H,6,7). The molecule has 0 aliphatic carbocycles. The molecule has 0 saturated heterocycles. The smallest absolute Gasteiger partial charge is 0.229 e. The second kappa shape index (κ2) is 6.29. The minimum Gasteiger partial charge on any atom is -0.358 e. The van der Waals surface area contributed by atoms with Crippen LogP contribution in [-0.4, -0.2) is 30.0 Å². The van der Waals surface area contributed by atoms with Crippen LogP contribution in [0.1, 0.15) is 0 Å². The van der Waals surface area contributed by atoms with Gasteiger partial charge in [-0.1, -0.05) is 0 Å². The number of rotatable bonds is 4. The lowest BCUT2D eigenvalue weighted by molar-refractivity contribution is -0.118. The fourth-order valence-corrected chi connectivity index (χ4v) is 1.62. The molecule has 2 nitrogen and oxygen atoms in total. The minimum atomic E-state index is 0.106. The van der Waals surface area contributed by atoms with E-state index in [1.165, 1.54) is 0 Å². The predicted octanol–water partition coefficient (Wildman–Crippen LogP) is 0.786. The maximum Gasteiger partial charge on any atom is 0.229 e. The van der Waals surface area contributed by atoms with Crippen LogP contribution in [0.25, 0.3) is 0 Å². The molecular weight excluding hydrogens is 154 g/mol. The van der Waals surface area contributed by atoms with Crippen LogP contribution in [0, 0.1) is 0 Å². The molecule has 0 aromatic carbocycles. The largest absolute Gasteiger partial charge is 0.358 e. The Morgan fingerprint density at radius 1 is 1.67 bits per heavy atom. The van der Waals surface area contributed by atoms with Crippen molar-refractivity contribution in [3.8, 4) is 0 Å². The van der Waals surface area contributed by atoms with Gasteiger partial charge in [0.05, 0.1) is 5.75 Å². The molecule has 0 aromatic heterocycles. The molecule has 1 N–H and O–H groups in total. The highest BCUT2D eigenvalue weighted by molar-refractivity contribution is 8.15. The Hall–Kier alpha value is 0.170. The molecule has 0 aromatic rings. The number of nitrogens with one attached hydrogen (secondary N) is 1. The van der Waals surface area contributed by atoms with Gasteiger partial charge in [-0.15, -0.1) is 11.8 Å². The number of hydrogen-bond acceptors (Lipinski definition) is 3. The van der Waals surface area contributed by atoms with Gasteiger partial charge in [0.15, 0.2) is 0 Å². The van der Waals surface area contributed by atoms with E-state index in [0.29, 0.717) is 5.75 Å². The Balaban J connectivity index is 2.97. The summed E-state index contributed by atoms with van der Waals surface area (Å²) in [5.41, 5.74) is 0. The quantitative estimate of drug-likeness (QED) is 0.493. The van der Waals surface area contributed by atoms with Gasteiger partial charge in [-0.05, 0) is 6.26 Å². The minimum absolute atomic E-state index is 0.106. The number of amides is 1. The third kappa shape index (κ3) is 6.05. The van der Waals surface area contributed by atoms with Crippen LogP contribution in [0.15, 0.2) is 0 Å². The van der Waals surface area contributed by atoms with Gasteiger partial charge in [0.25, 0.3) is 0 Å². The molecule has 0 bridgehead atoms. The van der Waals surface area contributed by atoms with Crippen LogP contribution in [0.3, 0.4) is 0 Å². The molecule has 0 heterocycles. The second-order valence-electron chi connectivity index (χ2n) is 1.43. The molecule has 0 atom stereocenters. The first-order valence-electron chi connectivity index (χ1n) is 2.58. The summed E-state index contributed by atoms with van der Waals surface area (Å²) < 4.78 is 0. The van der Waals surface area contributed by atoms with Crippen molar-refractivity contribution in [3.63, 3.8) is 0 Å². The molecule has 0 aliphatic heterocycles. The van der Waals surface area contributed by atoms with Crippen LogP contribution < -0.4 is 5.32 Å². The summed E-state index contributed by atoms with van der Waals surface area (Å²) in [5.74, 6) is 0.686. The lowest BCUT2D eigenvalue weighted by Gasteiger charge is -1.96. The van der Waals surface area contributed by atoms with Crippen molar-refractivity contribution in [1.82, 2.24) is 5.32 Å². The van der Waals surface area contributed by atoms with E-state index < -0.39 is 0 Å². The highest BCUT2D eigenvalue weighted by Gasteiger charge is 1.94. The summed E-state index contributed by atoms with van der Waals surface area (Å²) in [4.78, 5) is 10.5. The van der Waals surface area contributed by atoms with E-state index in [4.69, 9.17) is 0 Å². The average Bonchev–Trinajstić information content (AvgIpc) is 1.89. The van der Waals surface area contributed by atoms with Crippen molar-refractivity contribution in [1.29, 1.82) is 0 Å². The lowest BCUT2D eigenvalue weighted by Crippen LogP contribution is -2.19. The fraction of sp³-hybridized carbons (Fsp3) is 0.800. The Morgan fingerprint density at radius 2 is 2.33 bits per heavy atom. The molecule has 54 valence electrons. The molecule has 9 heavy (non-hydrogen) atoms. The molecule has 0 aliphatic rings. The van der Waals surface area contributed by atoms with Gasteiger partial charge < -0.3 is 5.32 Å². The first-order chi connectivity index (χ1) is 4.31. The van der Waals surface area contributed by atoms with Gasteiger partial charge in [0.2, 0.25) is 5.91 Å². The lowest BCUT2D eigenvalue weighted by atomic mass is 10.7. The van der Waals surface area contributed by atoms with Crippen molar-refractivity contribution >= 4 is 29.4 Å². The Morgan fingerprint density at radius 3 is 2.78 bits per heavy atom. The molecular formula is C5H11NOS2. The van der Waals surface area contributed by atoms with Crippen LogP contribution in [0.5, 0.6) is 0 Å². The summed E-state index contributed by atoms with van der Waals surface area (Å²) in [6.45, 7) is 0. The number of carbonyl (C=O) groups excluding carboxylic acids is 1. The monoisotopic (exact) mass is 165 g/mol. The van der Waals surface area contributed by atoms with E-state index in [0.717, 1.165) is 5.08 Å². The molecule has 0 spiro atoms. The predicted molar refractivity (Wildman–Crippen MR) is 44.9 cm³/mol. The highest BCUT2D eigenvalue weighted by Crippen LogP contribution is 2.06. The van der Waals surface area contributed by atoms with Crippen molar-refractivity contribution in [2.75, 3.05) is 24.1 Å². The maximum absolute atomic E-state index is 10.5. The SMILES string of the molecule is CNC(=O)CSCSC. The molecule has 1 amide bonds. The van der Waals surface area contributed by atoms with Crippen LogP contribution in [0.4, 0.5) is 0 Å². The fourth-order valence-electron chi connectivity index (χ4n) is 0.290. The van der Waals surface area contributed by atoms with Crippen molar-refractivity contribution in [2.24, 2.45) is 0 Å². The van der Waals surface area contributed by atoms with E-state index in [1.54, 1.807) is 30.6 Å². The molecule has 0 radical (unpaired) electrons. The van der Waals surface area contributed by atoms with Gasteiger partial charge in [-0.25, -0.2) is 0 Å². The van der Waals surface area contributed by atoms with Gasteiger partial charge >= 0.3 is 0 Å². The van der Waals surface area contributed by atoms with E-state index in [9.17, 15) is 4.79 Å². The number of hydrogen-bond donors (Lipinski definition) is 1. The van der Waals surface area contributed by atoms with Crippen molar-refractivity contribution in [2.45, 2.75) is 0 Å². The van der Waals surface area contributed by atoms with Crippen LogP contribution in [-0.2, 0) is 4.79 Å². The van der Waals surface area contributed by atoms with Crippen LogP contribution in [0.2, 0.25) is 0 Å². The summed E-state index contributed by atoms with van der Waals surface area (Å²) >= 11 is 3.37. The van der Waals surface area contributed by atoms with E-state index in [1.807, 2.05) is 6.26 Å². The normalized spacial score (nSPS) is 9.11.